The Labute approximate surface area is 69.3 Å². The summed E-state index contributed by atoms with van der Waals surface area (Å²) in [5.41, 5.74) is 0. The Morgan fingerprint density at radius 2 is 2.18 bits per heavy atom. The lowest BCUT2D eigenvalue weighted by molar-refractivity contribution is 0.143. The summed E-state index contributed by atoms with van der Waals surface area (Å²) < 4.78 is 5.23. The zero-order valence-electron chi connectivity index (χ0n) is 7.44. The van der Waals surface area contributed by atoms with Crippen LogP contribution in [0, 0.1) is 0 Å². The molecule has 0 aliphatic heterocycles. The van der Waals surface area contributed by atoms with Gasteiger partial charge in [0.25, 0.3) is 0 Å². The number of nitrogens with one attached hydrogen (secondary N) is 1. The van der Waals surface area contributed by atoms with Gasteiger partial charge in [-0.25, -0.2) is 0 Å². The van der Waals surface area contributed by atoms with Crippen molar-refractivity contribution in [1.82, 2.24) is 5.32 Å². The van der Waals surface area contributed by atoms with Gasteiger partial charge in [-0.2, -0.15) is 0 Å². The van der Waals surface area contributed by atoms with E-state index in [4.69, 9.17) is 4.74 Å². The molecule has 0 aromatic rings. The summed E-state index contributed by atoms with van der Waals surface area (Å²) in [5.74, 6) is 0. The van der Waals surface area contributed by atoms with E-state index in [1.54, 1.807) is 0 Å². The highest BCUT2D eigenvalue weighted by Gasteiger charge is 2.19. The Morgan fingerprint density at radius 3 is 2.82 bits per heavy atom. The van der Waals surface area contributed by atoms with Gasteiger partial charge in [-0.05, 0) is 39.2 Å². The highest BCUT2D eigenvalue weighted by atomic mass is 16.5. The molecule has 0 atom stereocenters. The van der Waals surface area contributed by atoms with Crippen molar-refractivity contribution in [1.29, 1.82) is 0 Å². The van der Waals surface area contributed by atoms with Crippen LogP contribution in [0.5, 0.6) is 0 Å². The van der Waals surface area contributed by atoms with Crippen molar-refractivity contribution in [2.75, 3.05) is 19.8 Å². The van der Waals surface area contributed by atoms with Crippen molar-refractivity contribution < 1.29 is 4.74 Å². The Balaban J connectivity index is 1.66. The average Bonchev–Trinajstić information content (AvgIpc) is 2.80. The van der Waals surface area contributed by atoms with Gasteiger partial charge in [0.15, 0.2) is 0 Å². The van der Waals surface area contributed by atoms with E-state index in [1.165, 1.54) is 32.2 Å². The third-order valence-electron chi connectivity index (χ3n) is 1.93. The minimum atomic E-state index is 0.857. The summed E-state index contributed by atoms with van der Waals surface area (Å²) in [6.45, 7) is 5.01. The fourth-order valence-electron chi connectivity index (χ4n) is 1.07. The molecule has 1 saturated carbocycles. The zero-order valence-corrected chi connectivity index (χ0v) is 7.44. The van der Waals surface area contributed by atoms with Gasteiger partial charge in [-0.15, -0.1) is 0 Å². The molecular weight excluding hydrogens is 138 g/mol. The third-order valence-corrected chi connectivity index (χ3v) is 1.93. The molecule has 2 heteroatoms. The predicted octanol–water partition coefficient (Wildman–Crippen LogP) is 1.56. The number of rotatable bonds is 7. The van der Waals surface area contributed by atoms with Gasteiger partial charge in [-0.1, -0.05) is 0 Å². The van der Waals surface area contributed by atoms with Crippen molar-refractivity contribution in [3.8, 4) is 0 Å². The van der Waals surface area contributed by atoms with Crippen molar-refractivity contribution in [3.05, 3.63) is 0 Å². The SMILES string of the molecule is CCOCCCCNC1CC1. The third kappa shape index (κ3) is 5.22. The number of ether oxygens (including phenoxy) is 1. The lowest BCUT2D eigenvalue weighted by atomic mass is 10.3. The minimum absolute atomic E-state index is 0.857. The topological polar surface area (TPSA) is 21.3 Å². The first-order valence-corrected chi connectivity index (χ1v) is 4.74. The van der Waals surface area contributed by atoms with Gasteiger partial charge in [0, 0.05) is 19.3 Å². The molecule has 0 unspecified atom stereocenters. The second-order valence-electron chi connectivity index (χ2n) is 3.13. The van der Waals surface area contributed by atoms with Crippen molar-refractivity contribution in [3.63, 3.8) is 0 Å². The van der Waals surface area contributed by atoms with Gasteiger partial charge in [0.05, 0.1) is 0 Å². The van der Waals surface area contributed by atoms with Crippen LogP contribution in [0.3, 0.4) is 0 Å². The maximum absolute atomic E-state index is 5.23. The summed E-state index contributed by atoms with van der Waals surface area (Å²) >= 11 is 0. The largest absolute Gasteiger partial charge is 0.382 e. The highest BCUT2D eigenvalue weighted by Crippen LogP contribution is 2.18. The van der Waals surface area contributed by atoms with E-state index in [0.29, 0.717) is 0 Å². The number of hydrogen-bond acceptors (Lipinski definition) is 2. The summed E-state index contributed by atoms with van der Waals surface area (Å²) in [5, 5.41) is 3.48. The summed E-state index contributed by atoms with van der Waals surface area (Å²) in [4.78, 5) is 0. The zero-order chi connectivity index (χ0) is 7.94. The van der Waals surface area contributed by atoms with Gasteiger partial charge in [-0.3, -0.25) is 0 Å². The Bertz CT molecular complexity index is 91.6. The Morgan fingerprint density at radius 1 is 1.36 bits per heavy atom. The van der Waals surface area contributed by atoms with E-state index in [9.17, 15) is 0 Å². The molecule has 0 spiro atoms. The van der Waals surface area contributed by atoms with Gasteiger partial charge in [0.2, 0.25) is 0 Å². The molecule has 0 amide bonds. The highest BCUT2D eigenvalue weighted by molar-refractivity contribution is 4.80. The molecule has 11 heavy (non-hydrogen) atoms. The maximum Gasteiger partial charge on any atom is 0.0466 e. The molecule has 0 aromatic heterocycles. The van der Waals surface area contributed by atoms with E-state index in [-0.39, 0.29) is 0 Å². The monoisotopic (exact) mass is 157 g/mol. The number of hydrogen-bond donors (Lipinski definition) is 1. The van der Waals surface area contributed by atoms with Crippen molar-refractivity contribution >= 4 is 0 Å². The standard InChI is InChI=1S/C9H19NO/c1-2-11-8-4-3-7-10-9-5-6-9/h9-10H,2-8H2,1H3. The molecule has 1 aliphatic rings. The Hall–Kier alpha value is -0.0800. The first-order valence-electron chi connectivity index (χ1n) is 4.74. The van der Waals surface area contributed by atoms with Gasteiger partial charge in [0.1, 0.15) is 0 Å². The summed E-state index contributed by atoms with van der Waals surface area (Å²) in [7, 11) is 0. The molecule has 0 saturated heterocycles. The van der Waals surface area contributed by atoms with Crippen LogP contribution in [-0.2, 0) is 4.74 Å². The van der Waals surface area contributed by atoms with Crippen molar-refractivity contribution in [2.24, 2.45) is 0 Å². The van der Waals surface area contributed by atoms with E-state index in [2.05, 4.69) is 5.32 Å². The molecule has 0 radical (unpaired) electrons. The molecule has 66 valence electrons. The van der Waals surface area contributed by atoms with Crippen LogP contribution >= 0.6 is 0 Å². The van der Waals surface area contributed by atoms with Gasteiger partial charge < -0.3 is 10.1 Å². The van der Waals surface area contributed by atoms with Gasteiger partial charge >= 0.3 is 0 Å². The maximum atomic E-state index is 5.23. The van der Waals surface area contributed by atoms with E-state index in [1.807, 2.05) is 6.92 Å². The van der Waals surface area contributed by atoms with Crippen LogP contribution in [0.4, 0.5) is 0 Å². The minimum Gasteiger partial charge on any atom is -0.382 e. The Kier molecular flexibility index (Phi) is 4.55. The van der Waals surface area contributed by atoms with Crippen LogP contribution in [0.15, 0.2) is 0 Å². The summed E-state index contributed by atoms with van der Waals surface area (Å²) in [6, 6.07) is 0.863. The number of unbranched alkanes of at least 4 members (excludes halogenated alkanes) is 1. The predicted molar refractivity (Wildman–Crippen MR) is 46.8 cm³/mol. The van der Waals surface area contributed by atoms with E-state index in [0.717, 1.165) is 19.3 Å². The summed E-state index contributed by atoms with van der Waals surface area (Å²) in [6.07, 6.45) is 5.25. The lowest BCUT2D eigenvalue weighted by Gasteiger charge is -2.02. The molecule has 0 bridgehead atoms. The molecule has 0 heterocycles. The first-order chi connectivity index (χ1) is 5.43. The fourth-order valence-corrected chi connectivity index (χ4v) is 1.07. The molecular formula is C9H19NO. The molecule has 1 N–H and O–H groups in total. The smallest absolute Gasteiger partial charge is 0.0466 e. The molecule has 1 fully saturated rings. The fraction of sp³-hybridized carbons (Fsp3) is 1.00. The quantitative estimate of drug-likeness (QED) is 0.566. The van der Waals surface area contributed by atoms with Crippen molar-refractivity contribution in [2.45, 2.75) is 38.6 Å². The van der Waals surface area contributed by atoms with Crippen LogP contribution in [0.25, 0.3) is 0 Å². The molecule has 0 aromatic carbocycles. The van der Waals surface area contributed by atoms with Crippen LogP contribution in [-0.4, -0.2) is 25.8 Å². The van der Waals surface area contributed by atoms with Crippen LogP contribution in [0.2, 0.25) is 0 Å². The average molecular weight is 157 g/mol. The van der Waals surface area contributed by atoms with E-state index < -0.39 is 0 Å². The lowest BCUT2D eigenvalue weighted by Crippen LogP contribution is -2.17. The van der Waals surface area contributed by atoms with Crippen LogP contribution in [0.1, 0.15) is 32.6 Å². The normalized spacial score (nSPS) is 17.2. The second kappa shape index (κ2) is 5.56. The van der Waals surface area contributed by atoms with E-state index >= 15 is 0 Å². The molecule has 1 aliphatic carbocycles. The first kappa shape index (κ1) is 9.01. The molecule has 1 rings (SSSR count). The molecule has 2 nitrogen and oxygen atoms in total. The second-order valence-corrected chi connectivity index (χ2v) is 3.13. The van der Waals surface area contributed by atoms with Crippen LogP contribution < -0.4 is 5.32 Å².